The van der Waals surface area contributed by atoms with E-state index in [1.165, 1.54) is 0 Å². The molecule has 0 saturated heterocycles. The zero-order valence-electron chi connectivity index (χ0n) is 11.5. The lowest BCUT2D eigenvalue weighted by molar-refractivity contribution is -0.138. The maximum Gasteiger partial charge on any atom is 0.311 e. The summed E-state index contributed by atoms with van der Waals surface area (Å²) in [4.78, 5) is 23.2. The Hall–Kier alpha value is -2.62. The van der Waals surface area contributed by atoms with Crippen LogP contribution in [0.5, 0.6) is 0 Å². The van der Waals surface area contributed by atoms with Gasteiger partial charge < -0.3 is 10.4 Å². The first kappa shape index (κ1) is 14.8. The molecule has 0 aliphatic carbocycles. The first-order valence-corrected chi connectivity index (χ1v) is 6.79. The van der Waals surface area contributed by atoms with E-state index < -0.39 is 11.9 Å². The van der Waals surface area contributed by atoms with Crippen LogP contribution in [0.25, 0.3) is 0 Å². The molecule has 2 N–H and O–H groups in total. The topological polar surface area (TPSA) is 66.4 Å². The van der Waals surface area contributed by atoms with E-state index >= 15 is 0 Å². The molecule has 0 heterocycles. The summed E-state index contributed by atoms with van der Waals surface area (Å²) >= 11 is 0. The predicted molar refractivity (Wildman–Crippen MR) is 80.2 cm³/mol. The van der Waals surface area contributed by atoms with Gasteiger partial charge in [0.1, 0.15) is 0 Å². The monoisotopic (exact) mass is 283 g/mol. The van der Waals surface area contributed by atoms with Gasteiger partial charge in [0.25, 0.3) is 5.91 Å². The Morgan fingerprint density at radius 2 is 1.52 bits per heavy atom. The van der Waals surface area contributed by atoms with Gasteiger partial charge in [-0.05, 0) is 24.1 Å². The Bertz CT molecular complexity index is 596. The Morgan fingerprint density at radius 1 is 0.952 bits per heavy atom. The molecular formula is C17H17NO3. The quantitative estimate of drug-likeness (QED) is 0.856. The molecule has 108 valence electrons. The Kier molecular flexibility index (Phi) is 5.10. The number of carbonyl (C=O) groups excluding carboxylic acids is 1. The highest BCUT2D eigenvalue weighted by molar-refractivity contribution is 5.94. The van der Waals surface area contributed by atoms with E-state index in [2.05, 4.69) is 5.32 Å². The van der Waals surface area contributed by atoms with Crippen molar-refractivity contribution in [3.8, 4) is 0 Å². The highest BCUT2D eigenvalue weighted by atomic mass is 16.4. The molecule has 4 nitrogen and oxygen atoms in total. The summed E-state index contributed by atoms with van der Waals surface area (Å²) in [6, 6.07) is 17.9. The predicted octanol–water partition coefficient (Wildman–Crippen LogP) is 2.67. The molecule has 2 aromatic rings. The Balaban J connectivity index is 1.92. The van der Waals surface area contributed by atoms with E-state index in [0.29, 0.717) is 18.5 Å². The largest absolute Gasteiger partial charge is 0.481 e. The van der Waals surface area contributed by atoms with E-state index in [1.54, 1.807) is 36.4 Å². The van der Waals surface area contributed by atoms with Gasteiger partial charge in [-0.2, -0.15) is 0 Å². The second-order valence-corrected chi connectivity index (χ2v) is 4.71. The van der Waals surface area contributed by atoms with E-state index in [-0.39, 0.29) is 5.91 Å². The van der Waals surface area contributed by atoms with Crippen LogP contribution < -0.4 is 5.32 Å². The molecule has 0 unspecified atom stereocenters. The van der Waals surface area contributed by atoms with Gasteiger partial charge in [-0.25, -0.2) is 0 Å². The van der Waals surface area contributed by atoms with Gasteiger partial charge in [-0.15, -0.1) is 0 Å². The van der Waals surface area contributed by atoms with Crippen molar-refractivity contribution in [2.24, 2.45) is 0 Å². The first-order valence-electron chi connectivity index (χ1n) is 6.79. The first-order chi connectivity index (χ1) is 10.2. The summed E-state index contributed by atoms with van der Waals surface area (Å²) in [5.41, 5.74) is 1.32. The second kappa shape index (κ2) is 7.24. The molecule has 21 heavy (non-hydrogen) atoms. The zero-order valence-corrected chi connectivity index (χ0v) is 11.5. The van der Waals surface area contributed by atoms with Crippen LogP contribution >= 0.6 is 0 Å². The van der Waals surface area contributed by atoms with Crippen LogP contribution in [0.2, 0.25) is 0 Å². The SMILES string of the molecule is O=C(NCC[C@@H](C(=O)O)c1ccccc1)c1ccccc1. The summed E-state index contributed by atoms with van der Waals surface area (Å²) < 4.78 is 0. The molecule has 4 heteroatoms. The van der Waals surface area contributed by atoms with Crippen LogP contribution in [0.4, 0.5) is 0 Å². The number of nitrogens with one attached hydrogen (secondary N) is 1. The van der Waals surface area contributed by atoms with Gasteiger partial charge in [-0.3, -0.25) is 9.59 Å². The van der Waals surface area contributed by atoms with Crippen LogP contribution in [-0.4, -0.2) is 23.5 Å². The fourth-order valence-corrected chi connectivity index (χ4v) is 2.14. The highest BCUT2D eigenvalue weighted by Crippen LogP contribution is 2.19. The lowest BCUT2D eigenvalue weighted by Crippen LogP contribution is -2.27. The number of amides is 1. The average Bonchev–Trinajstić information content (AvgIpc) is 2.52. The summed E-state index contributed by atoms with van der Waals surface area (Å²) in [6.07, 6.45) is 0.359. The van der Waals surface area contributed by atoms with Crippen molar-refractivity contribution in [1.82, 2.24) is 5.32 Å². The van der Waals surface area contributed by atoms with Crippen LogP contribution in [0.15, 0.2) is 60.7 Å². The minimum Gasteiger partial charge on any atom is -0.481 e. The normalized spacial score (nSPS) is 11.6. The number of benzene rings is 2. The fourth-order valence-electron chi connectivity index (χ4n) is 2.14. The van der Waals surface area contributed by atoms with Crippen LogP contribution in [0.1, 0.15) is 28.3 Å². The standard InChI is InChI=1S/C17H17NO3/c19-16(14-9-5-2-6-10-14)18-12-11-15(17(20)21)13-7-3-1-4-8-13/h1-10,15H,11-12H2,(H,18,19)(H,20,21)/t15-/m1/s1. The molecule has 1 atom stereocenters. The summed E-state index contributed by atoms with van der Waals surface area (Å²) in [7, 11) is 0. The molecule has 0 aliphatic rings. The fraction of sp³-hybridized carbons (Fsp3) is 0.176. The maximum atomic E-state index is 11.9. The van der Waals surface area contributed by atoms with Crippen molar-refractivity contribution in [3.05, 3.63) is 71.8 Å². The molecule has 2 rings (SSSR count). The molecule has 0 fully saturated rings. The lowest BCUT2D eigenvalue weighted by atomic mass is 9.96. The maximum absolute atomic E-state index is 11.9. The lowest BCUT2D eigenvalue weighted by Gasteiger charge is -2.13. The number of carboxylic acids is 1. The molecule has 0 saturated carbocycles. The second-order valence-electron chi connectivity index (χ2n) is 4.71. The summed E-state index contributed by atoms with van der Waals surface area (Å²) in [5.74, 6) is -1.68. The van der Waals surface area contributed by atoms with Crippen LogP contribution in [-0.2, 0) is 4.79 Å². The van der Waals surface area contributed by atoms with E-state index in [4.69, 9.17) is 0 Å². The third-order valence-corrected chi connectivity index (χ3v) is 3.25. The van der Waals surface area contributed by atoms with Crippen LogP contribution in [0.3, 0.4) is 0 Å². The van der Waals surface area contributed by atoms with Crippen molar-refractivity contribution in [1.29, 1.82) is 0 Å². The van der Waals surface area contributed by atoms with E-state index in [1.807, 2.05) is 24.3 Å². The van der Waals surface area contributed by atoms with Gasteiger partial charge >= 0.3 is 5.97 Å². The Labute approximate surface area is 123 Å². The van der Waals surface area contributed by atoms with Crippen molar-refractivity contribution >= 4 is 11.9 Å². The van der Waals surface area contributed by atoms with Gasteiger partial charge in [0, 0.05) is 12.1 Å². The number of hydrogen-bond acceptors (Lipinski definition) is 2. The molecule has 2 aromatic carbocycles. The molecule has 0 spiro atoms. The summed E-state index contributed by atoms with van der Waals surface area (Å²) in [5, 5.41) is 12.0. The molecule has 0 aromatic heterocycles. The average molecular weight is 283 g/mol. The van der Waals surface area contributed by atoms with Crippen molar-refractivity contribution in [2.45, 2.75) is 12.3 Å². The molecule has 0 bridgehead atoms. The third-order valence-electron chi connectivity index (χ3n) is 3.25. The zero-order chi connectivity index (χ0) is 15.1. The van der Waals surface area contributed by atoms with Gasteiger partial charge in [-0.1, -0.05) is 48.5 Å². The van der Waals surface area contributed by atoms with E-state index in [9.17, 15) is 14.7 Å². The molecular weight excluding hydrogens is 266 g/mol. The minimum atomic E-state index is -0.879. The number of carbonyl (C=O) groups is 2. The van der Waals surface area contributed by atoms with E-state index in [0.717, 1.165) is 5.56 Å². The molecule has 1 amide bonds. The molecule has 0 radical (unpaired) electrons. The third kappa shape index (κ3) is 4.18. The summed E-state index contributed by atoms with van der Waals surface area (Å²) in [6.45, 7) is 0.319. The van der Waals surface area contributed by atoms with Crippen molar-refractivity contribution in [2.75, 3.05) is 6.54 Å². The number of carboxylic acid groups (broad SMARTS) is 1. The van der Waals surface area contributed by atoms with Gasteiger partial charge in [0.05, 0.1) is 5.92 Å². The van der Waals surface area contributed by atoms with Crippen molar-refractivity contribution in [3.63, 3.8) is 0 Å². The van der Waals surface area contributed by atoms with Crippen LogP contribution in [0, 0.1) is 0 Å². The molecule has 0 aliphatic heterocycles. The number of hydrogen-bond donors (Lipinski definition) is 2. The minimum absolute atomic E-state index is 0.187. The highest BCUT2D eigenvalue weighted by Gasteiger charge is 2.19. The van der Waals surface area contributed by atoms with Gasteiger partial charge in [0.2, 0.25) is 0 Å². The number of rotatable bonds is 6. The Morgan fingerprint density at radius 3 is 2.10 bits per heavy atom. The smallest absolute Gasteiger partial charge is 0.311 e. The van der Waals surface area contributed by atoms with Gasteiger partial charge in [0.15, 0.2) is 0 Å². The number of aliphatic carboxylic acids is 1. The van der Waals surface area contributed by atoms with Crippen molar-refractivity contribution < 1.29 is 14.7 Å².